The molecule has 2 aromatic carbocycles. The van der Waals surface area contributed by atoms with Gasteiger partial charge >= 0.3 is 0 Å². The van der Waals surface area contributed by atoms with Crippen LogP contribution in [0.1, 0.15) is 11.1 Å². The molecule has 4 rings (SSSR count). The zero-order valence-corrected chi connectivity index (χ0v) is 13.7. The maximum absolute atomic E-state index is 13.1. The summed E-state index contributed by atoms with van der Waals surface area (Å²) in [7, 11) is 0. The van der Waals surface area contributed by atoms with E-state index in [9.17, 15) is 9.59 Å². The van der Waals surface area contributed by atoms with Crippen LogP contribution >= 0.6 is 11.6 Å². The Bertz CT molecular complexity index is 966. The summed E-state index contributed by atoms with van der Waals surface area (Å²) in [6, 6.07) is 14.8. The van der Waals surface area contributed by atoms with Crippen LogP contribution in [0.3, 0.4) is 0 Å². The zero-order chi connectivity index (χ0) is 17.6. The molecule has 0 saturated carbocycles. The molecule has 0 saturated heterocycles. The van der Waals surface area contributed by atoms with E-state index in [4.69, 9.17) is 17.3 Å². The highest BCUT2D eigenvalue weighted by atomic mass is 35.5. The van der Waals surface area contributed by atoms with E-state index < -0.39 is 5.91 Å². The molecule has 0 aliphatic carbocycles. The molecule has 0 bridgehead atoms. The number of nitrogens with zero attached hydrogens (tertiary/aromatic N) is 2. The van der Waals surface area contributed by atoms with E-state index in [1.807, 2.05) is 30.3 Å². The van der Waals surface area contributed by atoms with Crippen LogP contribution in [-0.2, 0) is 16.1 Å². The van der Waals surface area contributed by atoms with E-state index in [0.717, 1.165) is 5.56 Å². The number of hydrazone groups is 1. The van der Waals surface area contributed by atoms with E-state index in [0.29, 0.717) is 22.8 Å². The van der Waals surface area contributed by atoms with E-state index in [2.05, 4.69) is 10.5 Å². The third-order valence-corrected chi connectivity index (χ3v) is 4.41. The van der Waals surface area contributed by atoms with Crippen molar-refractivity contribution in [2.24, 2.45) is 10.8 Å². The number of carbonyl (C=O) groups excluding carboxylic acids is 2. The Hall–Kier alpha value is -3.12. The minimum Gasteiger partial charge on any atom is -0.382 e. The van der Waals surface area contributed by atoms with Crippen LogP contribution in [0.15, 0.2) is 59.2 Å². The quantitative estimate of drug-likeness (QED) is 0.811. The Kier molecular flexibility index (Phi) is 3.54. The molecular formula is C18H13ClN4O2. The molecule has 0 atom stereocenters. The number of nitrogens with one attached hydrogen (secondary N) is 1. The second-order valence-corrected chi connectivity index (χ2v) is 6.16. The van der Waals surface area contributed by atoms with Crippen molar-refractivity contribution in [3.05, 3.63) is 70.3 Å². The molecule has 2 aliphatic rings. The summed E-state index contributed by atoms with van der Waals surface area (Å²) >= 11 is 6.11. The number of halogens is 1. The van der Waals surface area contributed by atoms with E-state index in [1.54, 1.807) is 23.1 Å². The van der Waals surface area contributed by atoms with Gasteiger partial charge in [0.2, 0.25) is 0 Å². The Morgan fingerprint density at radius 1 is 1.08 bits per heavy atom. The van der Waals surface area contributed by atoms with Gasteiger partial charge in [-0.2, -0.15) is 5.10 Å². The van der Waals surface area contributed by atoms with Gasteiger partial charge in [0.05, 0.1) is 23.4 Å². The lowest BCUT2D eigenvalue weighted by molar-refractivity contribution is -0.117. The summed E-state index contributed by atoms with van der Waals surface area (Å²) in [5.74, 6) is -0.791. The number of fused-ring (bicyclic) bond motifs is 1. The molecular weight excluding hydrogens is 340 g/mol. The zero-order valence-electron chi connectivity index (χ0n) is 13.0. The van der Waals surface area contributed by atoms with Crippen LogP contribution in [0, 0.1) is 0 Å². The molecule has 124 valence electrons. The number of amides is 2. The highest BCUT2D eigenvalue weighted by Gasteiger charge is 2.39. The van der Waals surface area contributed by atoms with Crippen LogP contribution in [-0.4, -0.2) is 17.6 Å². The standard InChI is InChI=1S/C18H13ClN4O2/c19-11-6-7-13-12(8-11)14(15-16(20)21-22-17(15)24)18(25)23(13)9-10-4-2-1-3-5-10/h1-8H,9H2,(H2,20,21)(H,22,24)/b15-14+. The van der Waals surface area contributed by atoms with Gasteiger partial charge in [-0.1, -0.05) is 41.9 Å². The van der Waals surface area contributed by atoms with Crippen LogP contribution in [0.5, 0.6) is 0 Å². The van der Waals surface area contributed by atoms with E-state index >= 15 is 0 Å². The predicted molar refractivity (Wildman–Crippen MR) is 95.8 cm³/mol. The van der Waals surface area contributed by atoms with Crippen molar-refractivity contribution < 1.29 is 9.59 Å². The number of hydrogen-bond acceptors (Lipinski definition) is 4. The number of benzene rings is 2. The lowest BCUT2D eigenvalue weighted by atomic mass is 10.0. The van der Waals surface area contributed by atoms with Crippen LogP contribution in [0.2, 0.25) is 5.02 Å². The average Bonchev–Trinajstić information content (AvgIpc) is 3.06. The number of hydrogen-bond donors (Lipinski definition) is 2. The first-order chi connectivity index (χ1) is 12.1. The van der Waals surface area contributed by atoms with Gasteiger partial charge in [0.25, 0.3) is 11.8 Å². The normalized spacial score (nSPS) is 19.1. The molecule has 0 radical (unpaired) electrons. The van der Waals surface area contributed by atoms with Crippen molar-refractivity contribution in [1.82, 2.24) is 5.43 Å². The van der Waals surface area contributed by atoms with Crippen LogP contribution in [0.4, 0.5) is 5.69 Å². The Balaban J connectivity index is 1.88. The molecule has 3 N–H and O–H groups in total. The number of carbonyl (C=O) groups is 2. The smallest absolute Gasteiger partial charge is 0.276 e. The molecule has 6 nitrogen and oxygen atoms in total. The summed E-state index contributed by atoms with van der Waals surface area (Å²) in [5.41, 5.74) is 10.7. The van der Waals surface area contributed by atoms with Crippen LogP contribution < -0.4 is 16.1 Å². The molecule has 2 heterocycles. The second kappa shape index (κ2) is 5.75. The van der Waals surface area contributed by atoms with Gasteiger partial charge in [0.15, 0.2) is 5.84 Å². The molecule has 0 fully saturated rings. The molecule has 2 aliphatic heterocycles. The summed E-state index contributed by atoms with van der Waals surface area (Å²) < 4.78 is 0. The fourth-order valence-electron chi connectivity index (χ4n) is 3.05. The SMILES string of the molecule is NC1=NNC(=O)/C1=C1/C(=O)N(Cc2ccccc2)c2ccc(Cl)cc21. The van der Waals surface area contributed by atoms with Crippen LogP contribution in [0.25, 0.3) is 5.57 Å². The van der Waals surface area contributed by atoms with E-state index in [-0.39, 0.29) is 22.9 Å². The topological polar surface area (TPSA) is 87.8 Å². The minimum atomic E-state index is -0.492. The summed E-state index contributed by atoms with van der Waals surface area (Å²) in [6.45, 7) is 0.379. The van der Waals surface area contributed by atoms with Crippen molar-refractivity contribution in [2.75, 3.05) is 4.90 Å². The lowest BCUT2D eigenvalue weighted by Gasteiger charge is -2.17. The second-order valence-electron chi connectivity index (χ2n) is 5.73. The monoisotopic (exact) mass is 352 g/mol. The van der Waals surface area contributed by atoms with Gasteiger partial charge in [0, 0.05) is 10.6 Å². The van der Waals surface area contributed by atoms with Gasteiger partial charge in [-0.3, -0.25) is 9.59 Å². The fourth-order valence-corrected chi connectivity index (χ4v) is 3.22. The summed E-state index contributed by atoms with van der Waals surface area (Å²) in [5, 5.41) is 4.19. The van der Waals surface area contributed by atoms with Crippen molar-refractivity contribution in [3.63, 3.8) is 0 Å². The Morgan fingerprint density at radius 3 is 2.52 bits per heavy atom. The number of anilines is 1. The Labute approximate surface area is 148 Å². The van der Waals surface area contributed by atoms with Gasteiger partial charge in [0.1, 0.15) is 0 Å². The average molecular weight is 353 g/mol. The van der Waals surface area contributed by atoms with E-state index in [1.165, 1.54) is 0 Å². The largest absolute Gasteiger partial charge is 0.382 e. The third kappa shape index (κ3) is 2.47. The van der Waals surface area contributed by atoms with Crippen molar-refractivity contribution in [1.29, 1.82) is 0 Å². The van der Waals surface area contributed by atoms with Gasteiger partial charge in [-0.15, -0.1) is 0 Å². The highest BCUT2D eigenvalue weighted by Crippen LogP contribution is 2.41. The first kappa shape index (κ1) is 15.4. The molecule has 2 amide bonds. The highest BCUT2D eigenvalue weighted by molar-refractivity contribution is 6.43. The third-order valence-electron chi connectivity index (χ3n) is 4.17. The molecule has 7 heteroatoms. The van der Waals surface area contributed by atoms with Gasteiger partial charge < -0.3 is 10.6 Å². The maximum atomic E-state index is 13.1. The van der Waals surface area contributed by atoms with Gasteiger partial charge in [-0.25, -0.2) is 5.43 Å². The predicted octanol–water partition coefficient (Wildman–Crippen LogP) is 2.04. The van der Waals surface area contributed by atoms with Crippen molar-refractivity contribution in [2.45, 2.75) is 6.54 Å². The first-order valence-corrected chi connectivity index (χ1v) is 7.98. The molecule has 0 unspecified atom stereocenters. The first-order valence-electron chi connectivity index (χ1n) is 7.60. The molecule has 0 aromatic heterocycles. The summed E-state index contributed by atoms with van der Waals surface area (Å²) in [4.78, 5) is 26.8. The van der Waals surface area contributed by atoms with Gasteiger partial charge in [-0.05, 0) is 23.8 Å². The molecule has 25 heavy (non-hydrogen) atoms. The molecule has 2 aromatic rings. The number of amidine groups is 1. The maximum Gasteiger partial charge on any atom is 0.276 e. The fraction of sp³-hybridized carbons (Fsp3) is 0.0556. The number of nitrogens with two attached hydrogens (primary N) is 1. The number of rotatable bonds is 2. The van der Waals surface area contributed by atoms with Crippen molar-refractivity contribution in [3.8, 4) is 0 Å². The van der Waals surface area contributed by atoms with Crippen molar-refractivity contribution >= 4 is 40.5 Å². The minimum absolute atomic E-state index is 0.000775. The molecule has 0 spiro atoms. The Morgan fingerprint density at radius 2 is 1.84 bits per heavy atom. The summed E-state index contributed by atoms with van der Waals surface area (Å²) in [6.07, 6.45) is 0. The lowest BCUT2D eigenvalue weighted by Crippen LogP contribution is -2.28.